The summed E-state index contributed by atoms with van der Waals surface area (Å²) in [5.41, 5.74) is -0.342. The van der Waals surface area contributed by atoms with Crippen LogP contribution in [0.3, 0.4) is 0 Å². The summed E-state index contributed by atoms with van der Waals surface area (Å²) in [7, 11) is -2.42. The lowest BCUT2D eigenvalue weighted by molar-refractivity contribution is -0.143. The molecule has 0 aliphatic carbocycles. The smallest absolute Gasteiger partial charge is 0.313 e. The Kier molecular flexibility index (Phi) is 10.0. The highest BCUT2D eigenvalue weighted by atomic mass is 32.3. The van der Waals surface area contributed by atoms with Gasteiger partial charge in [-0.25, -0.2) is 8.70 Å². The lowest BCUT2D eigenvalue weighted by atomic mass is 9.77. The van der Waals surface area contributed by atoms with Crippen molar-refractivity contribution < 1.29 is 28.0 Å². The minimum Gasteiger partial charge on any atom is -0.481 e. The van der Waals surface area contributed by atoms with Gasteiger partial charge in [0.05, 0.1) is 17.9 Å². The second-order valence-electron chi connectivity index (χ2n) is 11.3. The average molecular weight is 530 g/mol. The molecule has 1 aliphatic rings. The Morgan fingerprint density at radius 2 is 2.09 bits per heavy atom. The van der Waals surface area contributed by atoms with Gasteiger partial charge in [0.2, 0.25) is 0 Å². The summed E-state index contributed by atoms with van der Waals surface area (Å²) in [6.45, 7) is 16.8. The number of aliphatic carboxylic acids is 1. The number of carboxylic acid groups (broad SMARTS) is 1. The number of ether oxygens (including phenoxy) is 2. The van der Waals surface area contributed by atoms with E-state index in [4.69, 9.17) is 9.47 Å². The van der Waals surface area contributed by atoms with Crippen LogP contribution in [-0.4, -0.2) is 65.3 Å². The summed E-state index contributed by atoms with van der Waals surface area (Å²) in [4.78, 5) is 12.0. The second-order valence-corrected chi connectivity index (χ2v) is 20.4. The molecule has 3 atom stereocenters. The molecule has 9 heteroatoms. The van der Waals surface area contributed by atoms with Crippen LogP contribution in [0.25, 0.3) is 0 Å². The Morgan fingerprint density at radius 1 is 1.43 bits per heavy atom. The zero-order valence-corrected chi connectivity index (χ0v) is 24.2. The highest BCUT2D eigenvalue weighted by molar-refractivity contribution is 8.01. The molecule has 1 aliphatic heterocycles. The van der Waals surface area contributed by atoms with Crippen molar-refractivity contribution in [1.29, 1.82) is 0 Å². The van der Waals surface area contributed by atoms with Gasteiger partial charge < -0.3 is 14.6 Å². The molecule has 0 spiro atoms. The van der Waals surface area contributed by atoms with Gasteiger partial charge in [-0.2, -0.15) is 0 Å². The Labute approximate surface area is 212 Å². The number of hydrogen-bond acceptors (Lipinski definition) is 4. The van der Waals surface area contributed by atoms with Crippen LogP contribution < -0.4 is 0 Å². The van der Waals surface area contributed by atoms with Crippen LogP contribution >= 0.6 is 0 Å². The maximum atomic E-state index is 15.3. The number of carbonyl (C=O) groups is 1. The number of carboxylic acids is 1. The van der Waals surface area contributed by atoms with Crippen LogP contribution in [0.5, 0.6) is 0 Å². The molecule has 35 heavy (non-hydrogen) atoms. The predicted octanol–water partition coefficient (Wildman–Crippen LogP) is 5.16. The first-order valence-corrected chi connectivity index (χ1v) is 17.9. The summed E-state index contributed by atoms with van der Waals surface area (Å²) in [5, 5.41) is 9.66. The van der Waals surface area contributed by atoms with Gasteiger partial charge in [-0.05, 0) is 53.1 Å². The molecule has 2 rings (SSSR count). The number of thiol groups is 1. The molecule has 200 valence electrons. The summed E-state index contributed by atoms with van der Waals surface area (Å²) >= 11 is 0. The minimum absolute atomic E-state index is 0.139. The molecule has 0 amide bonds. The third kappa shape index (κ3) is 6.89. The van der Waals surface area contributed by atoms with Crippen molar-refractivity contribution in [1.82, 2.24) is 4.31 Å². The van der Waals surface area contributed by atoms with Crippen LogP contribution in [0.4, 0.5) is 4.39 Å². The first-order chi connectivity index (χ1) is 16.2. The van der Waals surface area contributed by atoms with Crippen LogP contribution in [0.1, 0.15) is 50.7 Å². The molecule has 0 bridgehead atoms. The van der Waals surface area contributed by atoms with E-state index in [2.05, 4.69) is 26.2 Å². The molecule has 0 radical (unpaired) electrons. The van der Waals surface area contributed by atoms with Gasteiger partial charge in [0, 0.05) is 27.0 Å². The quantitative estimate of drug-likeness (QED) is 0.151. The molecule has 1 aromatic carbocycles. The zero-order chi connectivity index (χ0) is 26.6. The van der Waals surface area contributed by atoms with Crippen LogP contribution in [-0.2, 0) is 29.8 Å². The fourth-order valence-corrected chi connectivity index (χ4v) is 7.17. The van der Waals surface area contributed by atoms with Gasteiger partial charge in [0.15, 0.2) is 0 Å². The van der Waals surface area contributed by atoms with Crippen LogP contribution in [0.15, 0.2) is 30.9 Å². The maximum Gasteiger partial charge on any atom is 0.313 e. The van der Waals surface area contributed by atoms with Crippen molar-refractivity contribution in [3.8, 4) is 0 Å². The molecular weight excluding hydrogens is 485 g/mol. The predicted molar refractivity (Wildman–Crippen MR) is 145 cm³/mol. The van der Waals surface area contributed by atoms with E-state index in [0.29, 0.717) is 37.2 Å². The van der Waals surface area contributed by atoms with Crippen molar-refractivity contribution in [2.45, 2.75) is 82.1 Å². The zero-order valence-electron chi connectivity index (χ0n) is 22.3. The standard InChI is InChI=1S/C26H44FNO5SSi/c1-9-10-13-26(4,25(29)30)20-11-12-21(23(27)16-20)22-17-33-24(22)28(5)34(31,19(2)3)18-32-14-15-35(6,7)8/h9,11-12,16,19,22,24,34H,1,10,13-15,17-18H2,2-8H3,(H,29,30). The summed E-state index contributed by atoms with van der Waals surface area (Å²) in [6, 6.07) is 5.66. The van der Waals surface area contributed by atoms with Crippen molar-refractivity contribution in [3.05, 3.63) is 47.8 Å². The van der Waals surface area contributed by atoms with Gasteiger partial charge in [0.1, 0.15) is 18.0 Å². The molecule has 0 aromatic heterocycles. The molecule has 1 N–H and O–H groups in total. The van der Waals surface area contributed by atoms with Gasteiger partial charge in [-0.15, -0.1) is 6.58 Å². The lowest BCUT2D eigenvalue weighted by Crippen LogP contribution is -2.56. The van der Waals surface area contributed by atoms with Gasteiger partial charge >= 0.3 is 5.97 Å². The van der Waals surface area contributed by atoms with Gasteiger partial charge in [-0.3, -0.25) is 9.00 Å². The fourth-order valence-electron chi connectivity index (χ4n) is 4.20. The van der Waals surface area contributed by atoms with E-state index >= 15 is 4.39 Å². The van der Waals surface area contributed by atoms with E-state index in [-0.39, 0.29) is 17.1 Å². The van der Waals surface area contributed by atoms with Crippen molar-refractivity contribution >= 4 is 24.2 Å². The number of halogens is 1. The number of nitrogens with zero attached hydrogens (tertiary/aromatic N) is 1. The third-order valence-electron chi connectivity index (χ3n) is 7.13. The van der Waals surface area contributed by atoms with Crippen molar-refractivity contribution in [2.75, 3.05) is 26.2 Å². The maximum absolute atomic E-state index is 15.3. The summed E-state index contributed by atoms with van der Waals surface area (Å²) in [6.07, 6.45) is 1.98. The Bertz CT molecular complexity index is 950. The normalized spacial score (nSPS) is 21.0. The molecule has 0 saturated carbocycles. The van der Waals surface area contributed by atoms with Gasteiger partial charge in [-0.1, -0.05) is 51.7 Å². The van der Waals surface area contributed by atoms with E-state index in [9.17, 15) is 14.1 Å². The second kappa shape index (κ2) is 11.8. The Balaban J connectivity index is 2.22. The van der Waals surface area contributed by atoms with Crippen LogP contribution in [0.2, 0.25) is 25.7 Å². The number of benzene rings is 1. The Morgan fingerprint density at radius 3 is 2.54 bits per heavy atom. The molecule has 1 heterocycles. The molecule has 1 saturated heterocycles. The van der Waals surface area contributed by atoms with E-state index < -0.39 is 41.6 Å². The summed E-state index contributed by atoms with van der Waals surface area (Å²) in [5.74, 6) is -1.62. The van der Waals surface area contributed by atoms with E-state index in [1.165, 1.54) is 6.07 Å². The first-order valence-electron chi connectivity index (χ1n) is 12.3. The fraction of sp³-hybridized carbons (Fsp3) is 0.654. The van der Waals surface area contributed by atoms with E-state index in [0.717, 1.165) is 6.04 Å². The molecule has 1 aromatic rings. The first kappa shape index (κ1) is 29.8. The Hall–Kier alpha value is -1.39. The van der Waals surface area contributed by atoms with E-state index in [1.54, 1.807) is 36.5 Å². The average Bonchev–Trinajstić information content (AvgIpc) is 2.74. The topological polar surface area (TPSA) is 76.1 Å². The third-order valence-corrected chi connectivity index (χ3v) is 12.3. The largest absolute Gasteiger partial charge is 0.481 e. The SMILES string of the molecule is C=CCCC(C)(C(=O)O)c1ccc(C2COC2N(C)[SH](=O)(COCC[Si](C)(C)C)C(C)C)c(F)c1. The molecule has 6 nitrogen and oxygen atoms in total. The van der Waals surface area contributed by atoms with Crippen LogP contribution in [0, 0.1) is 5.82 Å². The highest BCUT2D eigenvalue weighted by Gasteiger charge is 2.44. The van der Waals surface area contributed by atoms with E-state index in [1.807, 2.05) is 13.8 Å². The number of rotatable bonds is 14. The highest BCUT2D eigenvalue weighted by Crippen LogP contribution is 2.39. The molecular formula is C26H44FNO5SSi. The van der Waals surface area contributed by atoms with Crippen molar-refractivity contribution in [2.24, 2.45) is 0 Å². The monoisotopic (exact) mass is 529 g/mol. The number of likely N-dealkylation sites (N-methyl/N-ethyl adjacent to an activating group) is 1. The minimum atomic E-state index is -2.93. The summed E-state index contributed by atoms with van der Waals surface area (Å²) < 4.78 is 42.7. The molecule has 1 fully saturated rings. The molecule has 3 unspecified atom stereocenters. The lowest BCUT2D eigenvalue weighted by Gasteiger charge is -2.48. The number of allylic oxidation sites excluding steroid dienone is 1. The van der Waals surface area contributed by atoms with Gasteiger partial charge in [0.25, 0.3) is 0 Å². The number of hydrogen-bond donors (Lipinski definition) is 2. The van der Waals surface area contributed by atoms with Crippen molar-refractivity contribution in [3.63, 3.8) is 0 Å².